The number of nitrogens with one attached hydrogen (secondary N) is 1. The summed E-state index contributed by atoms with van der Waals surface area (Å²) < 4.78 is 0. The van der Waals surface area contributed by atoms with Crippen molar-refractivity contribution in [3.8, 4) is 0 Å². The van der Waals surface area contributed by atoms with E-state index in [9.17, 15) is 9.90 Å². The maximum Gasteiger partial charge on any atom is 0.103 e. The van der Waals surface area contributed by atoms with Crippen LogP contribution in [-0.2, 0) is 13.1 Å². The zero-order valence-corrected chi connectivity index (χ0v) is 11.8. The average molecular weight is 269 g/mol. The monoisotopic (exact) mass is 269 g/mol. The van der Waals surface area contributed by atoms with Gasteiger partial charge < -0.3 is 14.8 Å². The summed E-state index contributed by atoms with van der Waals surface area (Å²) in [5, 5.41) is 10.8. The molecule has 0 aliphatic heterocycles. The van der Waals surface area contributed by atoms with Gasteiger partial charge in [0.2, 0.25) is 0 Å². The molecule has 0 saturated carbocycles. The van der Waals surface area contributed by atoms with Crippen LogP contribution in [0.2, 0.25) is 0 Å². The molecule has 20 heavy (non-hydrogen) atoms. The first-order valence-electron chi connectivity index (χ1n) is 6.72. The van der Waals surface area contributed by atoms with Crippen molar-refractivity contribution in [1.82, 2.24) is 0 Å². The fourth-order valence-corrected chi connectivity index (χ4v) is 2.27. The third-order valence-electron chi connectivity index (χ3n) is 3.30. The van der Waals surface area contributed by atoms with Crippen molar-refractivity contribution in [2.45, 2.75) is 20.0 Å². The van der Waals surface area contributed by atoms with Gasteiger partial charge in [0.1, 0.15) is 13.1 Å². The van der Waals surface area contributed by atoms with Crippen LogP contribution in [0, 0.1) is 6.92 Å². The van der Waals surface area contributed by atoms with Crippen molar-refractivity contribution in [1.29, 1.82) is 0 Å². The van der Waals surface area contributed by atoms with Gasteiger partial charge in [-0.05, 0) is 18.6 Å². The van der Waals surface area contributed by atoms with Crippen molar-refractivity contribution in [3.05, 3.63) is 70.8 Å². The van der Waals surface area contributed by atoms with Crippen LogP contribution < -0.4 is 10.0 Å². The molecule has 0 aliphatic rings. The highest BCUT2D eigenvalue weighted by molar-refractivity contribution is 5.85. The Morgan fingerprint density at radius 3 is 2.35 bits per heavy atom. The molecule has 0 spiro atoms. The molecule has 104 valence electrons. The molecule has 1 N–H and O–H groups in total. The molecule has 0 bridgehead atoms. The molecular weight excluding hydrogens is 250 g/mol. The predicted molar refractivity (Wildman–Crippen MR) is 76.2 cm³/mol. The van der Waals surface area contributed by atoms with Crippen molar-refractivity contribution >= 4 is 5.97 Å². The van der Waals surface area contributed by atoms with E-state index >= 15 is 0 Å². The summed E-state index contributed by atoms with van der Waals surface area (Å²) in [7, 11) is 2.10. The molecule has 3 nitrogen and oxygen atoms in total. The number of benzene rings is 2. The normalized spacial score (nSPS) is 12.1. The Labute approximate surface area is 119 Å². The number of hydrogen-bond acceptors (Lipinski definition) is 2. The lowest BCUT2D eigenvalue weighted by Gasteiger charge is -2.15. The molecule has 0 amide bonds. The second kappa shape index (κ2) is 6.35. The number of rotatable bonds is 5. The smallest absolute Gasteiger partial charge is 0.103 e. The van der Waals surface area contributed by atoms with Crippen LogP contribution in [0.5, 0.6) is 0 Å². The Balaban J connectivity index is 2.00. The van der Waals surface area contributed by atoms with E-state index < -0.39 is 5.97 Å². The van der Waals surface area contributed by atoms with Crippen LogP contribution >= 0.6 is 0 Å². The van der Waals surface area contributed by atoms with Crippen LogP contribution in [0.4, 0.5) is 0 Å². The van der Waals surface area contributed by atoms with Gasteiger partial charge in [-0.25, -0.2) is 0 Å². The summed E-state index contributed by atoms with van der Waals surface area (Å²) in [5.41, 5.74) is 3.79. The Morgan fingerprint density at radius 2 is 1.70 bits per heavy atom. The molecule has 0 saturated heterocycles. The minimum Gasteiger partial charge on any atom is -0.545 e. The lowest BCUT2D eigenvalue weighted by atomic mass is 10.1. The van der Waals surface area contributed by atoms with E-state index in [1.165, 1.54) is 16.0 Å². The maximum atomic E-state index is 10.8. The largest absolute Gasteiger partial charge is 0.545 e. The number of carboxylic acid groups (broad SMARTS) is 1. The van der Waals surface area contributed by atoms with Crippen molar-refractivity contribution in [2.24, 2.45) is 0 Å². The van der Waals surface area contributed by atoms with Gasteiger partial charge in [-0.1, -0.05) is 48.0 Å². The van der Waals surface area contributed by atoms with Crippen LogP contribution in [0.3, 0.4) is 0 Å². The zero-order valence-electron chi connectivity index (χ0n) is 11.8. The van der Waals surface area contributed by atoms with E-state index in [-0.39, 0.29) is 5.56 Å². The molecule has 2 aromatic carbocycles. The molecule has 1 unspecified atom stereocenters. The number of aromatic carboxylic acids is 1. The predicted octanol–water partition coefficient (Wildman–Crippen LogP) is 0.573. The quantitative estimate of drug-likeness (QED) is 0.862. The maximum absolute atomic E-state index is 10.8. The first-order valence-corrected chi connectivity index (χ1v) is 6.72. The van der Waals surface area contributed by atoms with Gasteiger partial charge in [0.15, 0.2) is 0 Å². The van der Waals surface area contributed by atoms with Gasteiger partial charge in [-0.2, -0.15) is 0 Å². The number of aryl methyl sites for hydroxylation is 1. The summed E-state index contributed by atoms with van der Waals surface area (Å²) in [6.45, 7) is 3.77. The first-order chi connectivity index (χ1) is 9.54. The molecule has 0 aromatic heterocycles. The van der Waals surface area contributed by atoms with E-state index in [2.05, 4.69) is 38.2 Å². The van der Waals surface area contributed by atoms with Gasteiger partial charge in [0.05, 0.1) is 13.0 Å². The summed E-state index contributed by atoms with van der Waals surface area (Å²) in [4.78, 5) is 12.2. The van der Waals surface area contributed by atoms with E-state index in [0.717, 1.165) is 18.7 Å². The summed E-state index contributed by atoms with van der Waals surface area (Å²) in [5.74, 6) is -1.12. The lowest BCUT2D eigenvalue weighted by Crippen LogP contribution is -3.06. The van der Waals surface area contributed by atoms with E-state index in [0.29, 0.717) is 0 Å². The SMILES string of the molecule is Cc1ccc(C[NH+](C)Cc2cccc(C(=O)[O-])c2)cc1. The summed E-state index contributed by atoms with van der Waals surface area (Å²) in [6.07, 6.45) is 0. The van der Waals surface area contributed by atoms with Gasteiger partial charge >= 0.3 is 0 Å². The van der Waals surface area contributed by atoms with Gasteiger partial charge in [-0.3, -0.25) is 0 Å². The van der Waals surface area contributed by atoms with Crippen molar-refractivity contribution in [3.63, 3.8) is 0 Å². The second-order valence-electron chi connectivity index (χ2n) is 5.28. The number of carbonyl (C=O) groups excluding carboxylic acids is 1. The third-order valence-corrected chi connectivity index (χ3v) is 3.30. The molecule has 2 aromatic rings. The number of hydrogen-bond donors (Lipinski definition) is 1. The molecule has 0 aliphatic carbocycles. The summed E-state index contributed by atoms with van der Waals surface area (Å²) in [6, 6.07) is 15.5. The summed E-state index contributed by atoms with van der Waals surface area (Å²) >= 11 is 0. The Hall–Kier alpha value is -2.13. The molecule has 1 atom stereocenters. The van der Waals surface area contributed by atoms with Gasteiger partial charge in [0, 0.05) is 11.1 Å². The highest BCUT2D eigenvalue weighted by Crippen LogP contribution is 2.04. The Bertz CT molecular complexity index is 590. The minimum atomic E-state index is -1.12. The zero-order chi connectivity index (χ0) is 14.5. The number of quaternary nitrogens is 1. The number of carboxylic acids is 1. The van der Waals surface area contributed by atoms with Gasteiger partial charge in [-0.15, -0.1) is 0 Å². The van der Waals surface area contributed by atoms with E-state index in [1.807, 2.05) is 6.07 Å². The van der Waals surface area contributed by atoms with E-state index in [1.54, 1.807) is 18.2 Å². The highest BCUT2D eigenvalue weighted by Gasteiger charge is 2.06. The van der Waals surface area contributed by atoms with Crippen LogP contribution in [0.15, 0.2) is 48.5 Å². The van der Waals surface area contributed by atoms with Crippen LogP contribution in [0.25, 0.3) is 0 Å². The second-order valence-corrected chi connectivity index (χ2v) is 5.28. The topological polar surface area (TPSA) is 44.6 Å². The molecule has 0 heterocycles. The molecular formula is C17H19NO2. The molecule has 0 fully saturated rings. The molecule has 2 rings (SSSR count). The minimum absolute atomic E-state index is 0.241. The standard InChI is InChI=1S/C17H19NO2/c1-13-6-8-14(9-7-13)11-18(2)12-15-4-3-5-16(10-15)17(19)20/h3-10H,11-12H2,1-2H3,(H,19,20). The molecule has 0 radical (unpaired) electrons. The van der Waals surface area contributed by atoms with Crippen molar-refractivity contribution < 1.29 is 14.8 Å². The highest BCUT2D eigenvalue weighted by atomic mass is 16.4. The fraction of sp³-hybridized carbons (Fsp3) is 0.235. The first kappa shape index (κ1) is 14.3. The van der Waals surface area contributed by atoms with Crippen LogP contribution in [-0.4, -0.2) is 13.0 Å². The van der Waals surface area contributed by atoms with Gasteiger partial charge in [0.25, 0.3) is 0 Å². The Kier molecular flexibility index (Phi) is 4.53. The lowest BCUT2D eigenvalue weighted by molar-refractivity contribution is -0.907. The van der Waals surface area contributed by atoms with E-state index in [4.69, 9.17) is 0 Å². The number of carbonyl (C=O) groups is 1. The fourth-order valence-electron chi connectivity index (χ4n) is 2.27. The Morgan fingerprint density at radius 1 is 1.05 bits per heavy atom. The van der Waals surface area contributed by atoms with Crippen LogP contribution in [0.1, 0.15) is 27.0 Å². The van der Waals surface area contributed by atoms with Crippen molar-refractivity contribution in [2.75, 3.05) is 7.05 Å². The third kappa shape index (κ3) is 3.93. The molecule has 3 heteroatoms. The average Bonchev–Trinajstić information content (AvgIpc) is 2.41.